The average Bonchev–Trinajstić information content (AvgIpc) is 3.12. The first-order chi connectivity index (χ1) is 25.3. The van der Waals surface area contributed by atoms with Crippen molar-refractivity contribution in [1.29, 1.82) is 0 Å². The smallest absolute Gasteiger partial charge is 0.344 e. The fourth-order valence-corrected chi connectivity index (χ4v) is 8.20. The molecule has 3 atom stereocenters. The van der Waals surface area contributed by atoms with Crippen molar-refractivity contribution in [3.63, 3.8) is 0 Å². The minimum absolute atomic E-state index is 0. The SMILES string of the molecule is CCC(C)(CC(C)(CC(C)(CC(C)(C)c1ccc(OC[C-]=O)cc1)c1ccc(OCC(=O)OC(C)(C)C)cc1)c1ccc(OC)cc1)c1ccc(O)cc1.[Am]. The van der Waals surface area contributed by atoms with E-state index < -0.39 is 11.6 Å². The summed E-state index contributed by atoms with van der Waals surface area (Å²) in [7, 11) is 1.69. The van der Waals surface area contributed by atoms with Crippen LogP contribution < -0.4 is 14.2 Å². The Bertz CT molecular complexity index is 1810. The molecule has 1 N–H and O–H groups in total. The first-order valence-electron chi connectivity index (χ1n) is 18.8. The van der Waals surface area contributed by atoms with Crippen molar-refractivity contribution in [2.45, 2.75) is 115 Å². The van der Waals surface area contributed by atoms with E-state index in [0.717, 1.165) is 42.6 Å². The van der Waals surface area contributed by atoms with Gasteiger partial charge in [-0.05, 0) is 146 Å². The minimum atomic E-state index is -0.590. The number of phenolic OH excluding ortho intramolecular Hbond substituents is 1. The zero-order valence-electron chi connectivity index (χ0n) is 34.3. The summed E-state index contributed by atoms with van der Waals surface area (Å²) >= 11 is 0. The maximum atomic E-state index is 12.4. The third-order valence-corrected chi connectivity index (χ3v) is 10.8. The number of rotatable bonds is 18. The van der Waals surface area contributed by atoms with Gasteiger partial charge >= 0.3 is 5.97 Å². The van der Waals surface area contributed by atoms with Crippen molar-refractivity contribution in [3.8, 4) is 23.0 Å². The van der Waals surface area contributed by atoms with Crippen LogP contribution in [0.15, 0.2) is 97.1 Å². The topological polar surface area (TPSA) is 91.3 Å². The van der Waals surface area contributed by atoms with E-state index in [1.165, 1.54) is 11.1 Å². The second kappa shape index (κ2) is 18.5. The molecule has 4 aromatic carbocycles. The molecule has 0 aromatic heterocycles. The van der Waals surface area contributed by atoms with Gasteiger partial charge in [-0.3, -0.25) is 0 Å². The Morgan fingerprint density at radius 3 is 1.49 bits per heavy atom. The second-order valence-electron chi connectivity index (χ2n) is 17.1. The molecular weight excluding hydrogens is 920 g/mol. The molecule has 0 bridgehead atoms. The standard InChI is InChI=1S/C47H59O7.Am/c1-11-45(7,35-12-20-38(49)21-13-35)32-47(9,37-16-22-39(51-10)23-17-37)33-46(8,31-44(5,6)34-14-24-40(25-15-34)52-29-28-48)36-18-26-41(27-19-36)53-30-42(50)54-43(2,3)4;/h12-27,49H,11,29-33H2,1-10H3;/q-1;. The van der Waals surface area contributed by atoms with Crippen LogP contribution in [0, 0.1) is 14.3 Å². The summed E-state index contributed by atoms with van der Waals surface area (Å²) in [4.78, 5) is 23.2. The van der Waals surface area contributed by atoms with E-state index in [9.17, 15) is 14.7 Å². The van der Waals surface area contributed by atoms with Crippen molar-refractivity contribution >= 4 is 12.3 Å². The molecule has 0 saturated heterocycles. The summed E-state index contributed by atoms with van der Waals surface area (Å²) < 4.78 is 22.4. The molecule has 0 aliphatic rings. The Hall–Kier alpha value is -4.39. The van der Waals surface area contributed by atoms with Gasteiger partial charge in [-0.1, -0.05) is 90.1 Å². The molecule has 8 heteroatoms. The molecule has 7 nitrogen and oxygen atoms in total. The van der Waals surface area contributed by atoms with Crippen LogP contribution in [-0.2, 0) is 36.0 Å². The number of methoxy groups -OCH3 is 1. The van der Waals surface area contributed by atoms with Gasteiger partial charge in [0.15, 0.2) is 6.61 Å². The third kappa shape index (κ3) is 12.0. The van der Waals surface area contributed by atoms with Gasteiger partial charge in [-0.15, -0.1) is 0 Å². The Morgan fingerprint density at radius 1 is 0.600 bits per heavy atom. The monoisotopic (exact) mass is 976 g/mol. The van der Waals surface area contributed by atoms with Crippen molar-refractivity contribution < 1.29 is 47.9 Å². The molecular formula is C47H59AmO7-. The quantitative estimate of drug-likeness (QED) is 0.0785. The summed E-state index contributed by atoms with van der Waals surface area (Å²) in [5.41, 5.74) is 2.96. The van der Waals surface area contributed by atoms with Gasteiger partial charge in [0.1, 0.15) is 28.6 Å². The summed E-state index contributed by atoms with van der Waals surface area (Å²) in [5, 5.41) is 10.1. The minimum Gasteiger partial charge on any atom is -0.539 e. The number of benzene rings is 4. The second-order valence-corrected chi connectivity index (χ2v) is 17.1. The zero-order chi connectivity index (χ0) is 39.8. The first-order valence-corrected chi connectivity index (χ1v) is 18.8. The molecule has 4 rings (SSSR count). The third-order valence-electron chi connectivity index (χ3n) is 10.8. The van der Waals surface area contributed by atoms with E-state index in [1.54, 1.807) is 25.5 Å². The molecule has 297 valence electrons. The van der Waals surface area contributed by atoms with Crippen LogP contribution in [0.3, 0.4) is 0 Å². The predicted molar refractivity (Wildman–Crippen MR) is 216 cm³/mol. The van der Waals surface area contributed by atoms with Gasteiger partial charge in [0.05, 0.1) is 7.11 Å². The summed E-state index contributed by atoms with van der Waals surface area (Å²) in [5.74, 6) is 1.87. The van der Waals surface area contributed by atoms with E-state index >= 15 is 0 Å². The molecule has 0 amide bonds. The molecule has 0 aliphatic heterocycles. The summed E-state index contributed by atoms with van der Waals surface area (Å²) in [6.07, 6.45) is 5.15. The molecule has 3 unspecified atom stereocenters. The van der Waals surface area contributed by atoms with Crippen LogP contribution in [0.25, 0.3) is 0 Å². The van der Waals surface area contributed by atoms with Gasteiger partial charge in [0.25, 0.3) is 0 Å². The molecule has 1 radical (unpaired) electrons. The van der Waals surface area contributed by atoms with Crippen molar-refractivity contribution in [3.05, 3.63) is 119 Å². The Kier molecular flexibility index (Phi) is 15.1. The molecule has 55 heavy (non-hydrogen) atoms. The van der Waals surface area contributed by atoms with Crippen molar-refractivity contribution in [1.82, 2.24) is 0 Å². The Labute approximate surface area is 337 Å². The van der Waals surface area contributed by atoms with E-state index in [4.69, 9.17) is 18.9 Å². The van der Waals surface area contributed by atoms with Crippen LogP contribution in [0.2, 0.25) is 0 Å². The van der Waals surface area contributed by atoms with Gasteiger partial charge in [-0.2, -0.15) is 0 Å². The zero-order valence-corrected chi connectivity index (χ0v) is 37.4. The van der Waals surface area contributed by atoms with Crippen LogP contribution in [0.1, 0.15) is 110 Å². The van der Waals surface area contributed by atoms with Crippen LogP contribution >= 0.6 is 0 Å². The van der Waals surface area contributed by atoms with E-state index in [-0.39, 0.29) is 54.9 Å². The Morgan fingerprint density at radius 2 is 1.02 bits per heavy atom. The van der Waals surface area contributed by atoms with Gasteiger partial charge in [-0.25, -0.2) is 11.1 Å². The van der Waals surface area contributed by atoms with Gasteiger partial charge in [0.2, 0.25) is 0 Å². The molecule has 4 aromatic rings. The van der Waals surface area contributed by atoms with Gasteiger partial charge < -0.3 is 28.8 Å². The molecule has 0 heterocycles. The van der Waals surface area contributed by atoms with Crippen LogP contribution in [0.4, 0.5) is 0 Å². The number of phenols is 1. The predicted octanol–water partition coefficient (Wildman–Crippen LogP) is 10.3. The molecule has 0 saturated carbocycles. The van der Waals surface area contributed by atoms with E-state index in [1.807, 2.05) is 69.3 Å². The number of hydrogen-bond acceptors (Lipinski definition) is 7. The van der Waals surface area contributed by atoms with Crippen molar-refractivity contribution in [2.24, 2.45) is 0 Å². The fraction of sp³-hybridized carbons (Fsp3) is 0.447. The maximum absolute atomic E-state index is 12.4. The van der Waals surface area contributed by atoms with Crippen LogP contribution in [-0.4, -0.2) is 43.3 Å². The Balaban J connectivity index is 0.00000812. The van der Waals surface area contributed by atoms with Gasteiger partial charge in [0, 0.05) is 14.3 Å². The van der Waals surface area contributed by atoms with E-state index in [0.29, 0.717) is 11.5 Å². The number of aromatic hydroxyl groups is 1. The number of carbonyl (C=O) groups excluding carboxylic acids is 2. The largest absolute Gasteiger partial charge is 0.539 e. The first kappa shape index (κ1) is 45.0. The molecule has 0 aliphatic carbocycles. The molecule has 0 spiro atoms. The average molecular weight is 979 g/mol. The maximum Gasteiger partial charge on any atom is 0.344 e. The van der Waals surface area contributed by atoms with Crippen LogP contribution in [0.5, 0.6) is 23.0 Å². The number of hydrogen-bond donors (Lipinski definition) is 1. The normalized spacial score (nSPS) is 14.9. The molecule has 0 fully saturated rings. The van der Waals surface area contributed by atoms with Crippen molar-refractivity contribution in [2.75, 3.05) is 20.3 Å². The summed E-state index contributed by atoms with van der Waals surface area (Å²) in [6.45, 7) is 19.1. The fourth-order valence-electron chi connectivity index (χ4n) is 8.20. The number of esters is 1. The summed E-state index contributed by atoms with van der Waals surface area (Å²) in [6, 6.07) is 32.2. The number of ether oxygens (including phenoxy) is 4. The number of carbonyl (C=O) groups is 1. The van der Waals surface area contributed by atoms with E-state index in [2.05, 4.69) is 77.9 Å².